The number of carbonyl (C=O) groups is 1. The van der Waals surface area contributed by atoms with Gasteiger partial charge in [-0.05, 0) is 39.5 Å². The minimum absolute atomic E-state index is 0.0425. The fourth-order valence-electron chi connectivity index (χ4n) is 4.11. The maximum atomic E-state index is 12.1. The molecule has 0 bridgehead atoms. The molecule has 4 heteroatoms. The topological polar surface area (TPSA) is 58.4 Å². The molecule has 0 unspecified atom stereocenters. The largest absolute Gasteiger partial charge is 0.296 e. The van der Waals surface area contributed by atoms with Crippen LogP contribution in [0, 0.1) is 5.41 Å². The summed E-state index contributed by atoms with van der Waals surface area (Å²) in [6.45, 7) is 4.88. The van der Waals surface area contributed by atoms with Gasteiger partial charge in [0.1, 0.15) is 0 Å². The van der Waals surface area contributed by atoms with Gasteiger partial charge in [0, 0.05) is 18.6 Å². The maximum absolute atomic E-state index is 12.1. The summed E-state index contributed by atoms with van der Waals surface area (Å²) < 4.78 is 0. The first-order valence-corrected chi connectivity index (χ1v) is 8.81. The van der Waals surface area contributed by atoms with Crippen LogP contribution >= 0.6 is 0 Å². The number of rotatable bonds is 5. The molecule has 21 heavy (non-hydrogen) atoms. The van der Waals surface area contributed by atoms with Crippen molar-refractivity contribution in [1.29, 1.82) is 0 Å². The zero-order chi connectivity index (χ0) is 15.3. The number of carbonyl (C=O) groups excluding carboxylic acids is 1. The zero-order valence-electron chi connectivity index (χ0n) is 13.9. The molecule has 2 fully saturated rings. The first-order valence-electron chi connectivity index (χ1n) is 8.81. The van der Waals surface area contributed by atoms with E-state index in [1.165, 1.54) is 64.2 Å². The third kappa shape index (κ3) is 4.43. The second kappa shape index (κ2) is 7.59. The van der Waals surface area contributed by atoms with Gasteiger partial charge < -0.3 is 0 Å². The first-order chi connectivity index (χ1) is 10.0. The van der Waals surface area contributed by atoms with E-state index in [9.17, 15) is 4.79 Å². The SMILES string of the molecule is CC(C)(CN(C1CCCCC1)C1CCCCC1)C(=O)NN. The van der Waals surface area contributed by atoms with Gasteiger partial charge in [0.05, 0.1) is 5.41 Å². The molecular weight excluding hydrogens is 262 g/mol. The lowest BCUT2D eigenvalue weighted by Gasteiger charge is -2.44. The molecule has 0 aromatic carbocycles. The van der Waals surface area contributed by atoms with Crippen LogP contribution in [0.5, 0.6) is 0 Å². The summed E-state index contributed by atoms with van der Waals surface area (Å²) in [7, 11) is 0. The third-order valence-corrected chi connectivity index (χ3v) is 5.41. The maximum Gasteiger partial charge on any atom is 0.240 e. The molecule has 4 nitrogen and oxygen atoms in total. The first kappa shape index (κ1) is 16.8. The standard InChI is InChI=1S/C17H33N3O/c1-17(2,16(21)19-18)13-20(14-9-5-3-6-10-14)15-11-7-4-8-12-15/h14-15H,3-13,18H2,1-2H3,(H,19,21). The minimum atomic E-state index is -0.413. The monoisotopic (exact) mass is 295 g/mol. The minimum Gasteiger partial charge on any atom is -0.296 e. The lowest BCUT2D eigenvalue weighted by molar-refractivity contribution is -0.131. The molecule has 2 saturated carbocycles. The van der Waals surface area contributed by atoms with Crippen molar-refractivity contribution in [3.63, 3.8) is 0 Å². The second-order valence-corrected chi connectivity index (χ2v) is 7.61. The molecule has 0 heterocycles. The van der Waals surface area contributed by atoms with Crippen molar-refractivity contribution < 1.29 is 4.79 Å². The zero-order valence-corrected chi connectivity index (χ0v) is 13.9. The highest BCUT2D eigenvalue weighted by Gasteiger charge is 2.36. The van der Waals surface area contributed by atoms with Crippen LogP contribution in [-0.2, 0) is 4.79 Å². The average molecular weight is 295 g/mol. The van der Waals surface area contributed by atoms with E-state index in [2.05, 4.69) is 10.3 Å². The van der Waals surface area contributed by atoms with Gasteiger partial charge in [-0.3, -0.25) is 15.1 Å². The Kier molecular flexibility index (Phi) is 6.06. The van der Waals surface area contributed by atoms with E-state index >= 15 is 0 Å². The van der Waals surface area contributed by atoms with E-state index < -0.39 is 5.41 Å². The Morgan fingerprint density at radius 1 is 1.00 bits per heavy atom. The van der Waals surface area contributed by atoms with Crippen LogP contribution in [0.25, 0.3) is 0 Å². The summed E-state index contributed by atoms with van der Waals surface area (Å²) in [6, 6.07) is 1.35. The molecule has 0 radical (unpaired) electrons. The Morgan fingerprint density at radius 3 is 1.81 bits per heavy atom. The molecule has 2 aliphatic carbocycles. The van der Waals surface area contributed by atoms with Gasteiger partial charge in [0.25, 0.3) is 0 Å². The van der Waals surface area contributed by atoms with Gasteiger partial charge in [-0.15, -0.1) is 0 Å². The molecule has 1 amide bonds. The van der Waals surface area contributed by atoms with E-state index in [1.54, 1.807) is 0 Å². The van der Waals surface area contributed by atoms with Crippen LogP contribution < -0.4 is 11.3 Å². The van der Waals surface area contributed by atoms with E-state index in [4.69, 9.17) is 5.84 Å². The number of nitrogens with two attached hydrogens (primary N) is 1. The van der Waals surface area contributed by atoms with Crippen LogP contribution in [0.1, 0.15) is 78.1 Å². The van der Waals surface area contributed by atoms with Gasteiger partial charge in [-0.25, -0.2) is 5.84 Å². The summed E-state index contributed by atoms with van der Waals surface area (Å²) in [5.74, 6) is 5.33. The Bertz CT molecular complexity index is 313. The quantitative estimate of drug-likeness (QED) is 0.466. The molecule has 3 N–H and O–H groups in total. The third-order valence-electron chi connectivity index (χ3n) is 5.41. The van der Waals surface area contributed by atoms with Crippen molar-refractivity contribution in [2.45, 2.75) is 90.1 Å². The van der Waals surface area contributed by atoms with E-state index in [0.29, 0.717) is 12.1 Å². The summed E-state index contributed by atoms with van der Waals surface area (Å²) >= 11 is 0. The predicted octanol–water partition coefficient (Wildman–Crippen LogP) is 2.97. The number of nitrogens with one attached hydrogen (secondary N) is 1. The Morgan fingerprint density at radius 2 is 1.43 bits per heavy atom. The van der Waals surface area contributed by atoms with Gasteiger partial charge in [0.2, 0.25) is 5.91 Å². The molecule has 122 valence electrons. The highest BCUT2D eigenvalue weighted by atomic mass is 16.2. The number of amides is 1. The predicted molar refractivity (Wildman–Crippen MR) is 86.6 cm³/mol. The summed E-state index contributed by atoms with van der Waals surface area (Å²) in [5.41, 5.74) is 1.94. The fraction of sp³-hybridized carbons (Fsp3) is 0.941. The molecule has 0 aromatic rings. The average Bonchev–Trinajstić information content (AvgIpc) is 2.53. The van der Waals surface area contributed by atoms with Crippen LogP contribution in [0.2, 0.25) is 0 Å². The van der Waals surface area contributed by atoms with Crippen LogP contribution in [-0.4, -0.2) is 29.4 Å². The summed E-state index contributed by atoms with van der Waals surface area (Å²) in [6.07, 6.45) is 13.3. The highest BCUT2D eigenvalue weighted by molar-refractivity contribution is 5.81. The fourth-order valence-corrected chi connectivity index (χ4v) is 4.11. The van der Waals surface area contributed by atoms with Gasteiger partial charge in [-0.2, -0.15) is 0 Å². The van der Waals surface area contributed by atoms with E-state index in [1.807, 2.05) is 13.8 Å². The number of nitrogens with zero attached hydrogens (tertiary/aromatic N) is 1. The number of hydrogen-bond acceptors (Lipinski definition) is 3. The molecule has 0 aliphatic heterocycles. The van der Waals surface area contributed by atoms with Crippen molar-refractivity contribution in [2.24, 2.45) is 11.3 Å². The number of hydrazine groups is 1. The lowest BCUT2D eigenvalue weighted by atomic mass is 9.84. The summed E-state index contributed by atoms with van der Waals surface area (Å²) in [5, 5.41) is 0. The van der Waals surface area contributed by atoms with Crippen molar-refractivity contribution in [2.75, 3.05) is 6.54 Å². The molecule has 0 atom stereocenters. The lowest BCUT2D eigenvalue weighted by Crippen LogP contribution is -2.53. The van der Waals surface area contributed by atoms with Gasteiger partial charge >= 0.3 is 0 Å². The number of hydrogen-bond donors (Lipinski definition) is 2. The Balaban J connectivity index is 2.08. The summed E-state index contributed by atoms with van der Waals surface area (Å²) in [4.78, 5) is 14.7. The van der Waals surface area contributed by atoms with Crippen molar-refractivity contribution in [3.8, 4) is 0 Å². The smallest absolute Gasteiger partial charge is 0.240 e. The molecule has 2 aliphatic rings. The molecule has 0 saturated heterocycles. The van der Waals surface area contributed by atoms with E-state index in [0.717, 1.165) is 6.54 Å². The Hall–Kier alpha value is -0.610. The molecule has 0 spiro atoms. The van der Waals surface area contributed by atoms with Gasteiger partial charge in [-0.1, -0.05) is 38.5 Å². The van der Waals surface area contributed by atoms with Crippen molar-refractivity contribution in [3.05, 3.63) is 0 Å². The van der Waals surface area contributed by atoms with Gasteiger partial charge in [0.15, 0.2) is 0 Å². The molecule has 2 rings (SSSR count). The van der Waals surface area contributed by atoms with Crippen LogP contribution in [0.4, 0.5) is 0 Å². The second-order valence-electron chi connectivity index (χ2n) is 7.61. The van der Waals surface area contributed by atoms with Crippen LogP contribution in [0.3, 0.4) is 0 Å². The molecular formula is C17H33N3O. The normalized spacial score (nSPS) is 22.5. The van der Waals surface area contributed by atoms with Crippen molar-refractivity contribution in [1.82, 2.24) is 10.3 Å². The van der Waals surface area contributed by atoms with Crippen LogP contribution in [0.15, 0.2) is 0 Å². The highest BCUT2D eigenvalue weighted by Crippen LogP contribution is 2.32. The molecule has 0 aromatic heterocycles. The van der Waals surface area contributed by atoms with Crippen molar-refractivity contribution >= 4 is 5.91 Å². The Labute approximate surface area is 129 Å². The van der Waals surface area contributed by atoms with E-state index in [-0.39, 0.29) is 5.91 Å².